The number of carboxylic acid groups (broad SMARTS) is 1. The van der Waals surface area contributed by atoms with Gasteiger partial charge < -0.3 is 30.3 Å². The summed E-state index contributed by atoms with van der Waals surface area (Å²) in [6.07, 6.45) is 13.3. The summed E-state index contributed by atoms with van der Waals surface area (Å²) in [5, 5.41) is 16.4. The number of nitrogens with zero attached hydrogens (tertiary/aromatic N) is 4. The van der Waals surface area contributed by atoms with Crippen LogP contribution >= 0.6 is 0 Å². The summed E-state index contributed by atoms with van der Waals surface area (Å²) in [6.45, 7) is 7.32. The van der Waals surface area contributed by atoms with Gasteiger partial charge in [0.25, 0.3) is 0 Å². The molecule has 2 fully saturated rings. The second-order valence-electron chi connectivity index (χ2n) is 13.8. The number of hydrogen-bond acceptors (Lipinski definition) is 8. The molecule has 11 heteroatoms. The van der Waals surface area contributed by atoms with Crippen molar-refractivity contribution in [3.8, 4) is 0 Å². The second kappa shape index (κ2) is 13.7. The van der Waals surface area contributed by atoms with Gasteiger partial charge in [0.1, 0.15) is 22.9 Å². The third-order valence-corrected chi connectivity index (χ3v) is 9.49. The number of carboxylic acids is 1. The molecule has 1 aromatic carbocycles. The number of hydrogen-bond donors (Lipinski definition) is 3. The van der Waals surface area contributed by atoms with Crippen molar-refractivity contribution < 1.29 is 24.2 Å². The monoisotopic (exact) mass is 632 g/mol. The van der Waals surface area contributed by atoms with Crippen molar-refractivity contribution in [1.82, 2.24) is 15.3 Å². The van der Waals surface area contributed by atoms with Gasteiger partial charge in [0, 0.05) is 18.8 Å². The topological polar surface area (TPSA) is 137 Å². The van der Waals surface area contributed by atoms with Crippen LogP contribution in [0.2, 0.25) is 0 Å². The maximum absolute atomic E-state index is 13.2. The standard InChI is InChI=1S/C35H48N6O5/c1-6-27-30(42)40(5)28-22-36-32(38-29(28)41(27)26-15-9-10-16-26)37-25-19-17-23(18-20-25)12-11-21-35(31(43)44,24-13-7-8-14-24)39-33(45)46-34(2,3)4/h11-12,17-20,22,24,26-27H,6-10,13-16,21H2,1-5H3,(H,39,45)(H,43,44)(H,36,37,38)/t27-,35-/m1/s1. The molecule has 0 bridgehead atoms. The van der Waals surface area contributed by atoms with Crippen molar-refractivity contribution in [2.45, 2.75) is 115 Å². The molecule has 3 N–H and O–H groups in total. The van der Waals surface area contributed by atoms with Crippen LogP contribution in [0.1, 0.15) is 97.5 Å². The fraction of sp³-hybridized carbons (Fsp3) is 0.571. The average molecular weight is 633 g/mol. The Kier molecular flexibility index (Phi) is 9.88. The lowest BCUT2D eigenvalue weighted by Gasteiger charge is -2.43. The number of alkyl carbamates (subject to hydrolysis) is 1. The summed E-state index contributed by atoms with van der Waals surface area (Å²) in [4.78, 5) is 51.9. The number of ether oxygens (including phenoxy) is 1. The predicted octanol–water partition coefficient (Wildman–Crippen LogP) is 6.67. The number of likely N-dealkylation sites (N-methyl/N-ethyl adjacent to an activating group) is 1. The van der Waals surface area contributed by atoms with Gasteiger partial charge in [0.05, 0.1) is 6.20 Å². The first-order valence-corrected chi connectivity index (χ1v) is 16.6. The zero-order chi connectivity index (χ0) is 33.1. The van der Waals surface area contributed by atoms with Crippen molar-refractivity contribution in [1.29, 1.82) is 0 Å². The Morgan fingerprint density at radius 3 is 2.33 bits per heavy atom. The van der Waals surface area contributed by atoms with Gasteiger partial charge in [-0.2, -0.15) is 4.98 Å². The summed E-state index contributed by atoms with van der Waals surface area (Å²) in [6, 6.07) is 7.76. The summed E-state index contributed by atoms with van der Waals surface area (Å²) in [7, 11) is 1.79. The van der Waals surface area contributed by atoms with E-state index in [1.54, 1.807) is 38.9 Å². The van der Waals surface area contributed by atoms with E-state index < -0.39 is 23.2 Å². The SMILES string of the molecule is CC[C@@H]1C(=O)N(C)c2cnc(Nc3ccc(C=CC[C@](NC(=O)OC(C)(C)C)(C(=O)O)C4CCCC4)cc3)nc2N1C1CCCC1. The average Bonchev–Trinajstić information content (AvgIpc) is 3.74. The van der Waals surface area contributed by atoms with Gasteiger partial charge in [0.2, 0.25) is 11.9 Å². The first kappa shape index (κ1) is 33.2. The van der Waals surface area contributed by atoms with Gasteiger partial charge in [-0.05, 0) is 82.9 Å². The van der Waals surface area contributed by atoms with E-state index in [4.69, 9.17) is 9.72 Å². The molecule has 0 spiro atoms. The van der Waals surface area contributed by atoms with Crippen LogP contribution in [0, 0.1) is 5.92 Å². The molecule has 11 nitrogen and oxygen atoms in total. The molecule has 248 valence electrons. The highest BCUT2D eigenvalue weighted by Crippen LogP contribution is 2.40. The Morgan fingerprint density at radius 2 is 1.72 bits per heavy atom. The highest BCUT2D eigenvalue weighted by Gasteiger charge is 2.48. The quantitative estimate of drug-likeness (QED) is 0.262. The third kappa shape index (κ3) is 7.13. The first-order chi connectivity index (χ1) is 21.9. The zero-order valence-electron chi connectivity index (χ0n) is 27.7. The van der Waals surface area contributed by atoms with Crippen LogP contribution in [-0.4, -0.2) is 63.3 Å². The molecular weight excluding hydrogens is 584 g/mol. The molecule has 1 aliphatic heterocycles. The first-order valence-electron chi connectivity index (χ1n) is 16.6. The van der Waals surface area contributed by atoms with Gasteiger partial charge in [0.15, 0.2) is 5.82 Å². The molecule has 5 rings (SSSR count). The van der Waals surface area contributed by atoms with E-state index in [0.717, 1.165) is 74.1 Å². The predicted molar refractivity (Wildman–Crippen MR) is 179 cm³/mol. The number of carbonyl (C=O) groups is 3. The van der Waals surface area contributed by atoms with Gasteiger partial charge in [-0.1, -0.05) is 56.9 Å². The lowest BCUT2D eigenvalue weighted by Crippen LogP contribution is -2.59. The van der Waals surface area contributed by atoms with E-state index in [0.29, 0.717) is 18.4 Å². The van der Waals surface area contributed by atoms with Crippen LogP contribution in [0.25, 0.3) is 6.08 Å². The number of anilines is 4. The summed E-state index contributed by atoms with van der Waals surface area (Å²) >= 11 is 0. The number of aromatic nitrogens is 2. The number of benzene rings is 1. The van der Waals surface area contributed by atoms with E-state index >= 15 is 0 Å². The largest absolute Gasteiger partial charge is 0.479 e. The fourth-order valence-electron chi connectivity index (χ4n) is 7.17. The molecule has 1 aromatic heterocycles. The third-order valence-electron chi connectivity index (χ3n) is 9.49. The molecule has 46 heavy (non-hydrogen) atoms. The minimum absolute atomic E-state index is 0.0827. The van der Waals surface area contributed by atoms with Crippen molar-refractivity contribution in [2.24, 2.45) is 5.92 Å². The van der Waals surface area contributed by atoms with Crippen LogP contribution in [0.4, 0.5) is 27.9 Å². The van der Waals surface area contributed by atoms with Crippen molar-refractivity contribution in [3.63, 3.8) is 0 Å². The maximum atomic E-state index is 13.2. The normalized spacial score (nSPS) is 20.5. The minimum Gasteiger partial charge on any atom is -0.479 e. The molecule has 2 aliphatic carbocycles. The number of rotatable bonds is 10. The van der Waals surface area contributed by atoms with Crippen LogP contribution in [-0.2, 0) is 14.3 Å². The molecule has 0 unspecified atom stereocenters. The number of amides is 2. The molecule has 2 aromatic rings. The highest BCUT2D eigenvalue weighted by molar-refractivity contribution is 6.04. The molecule has 2 saturated carbocycles. The number of nitrogens with one attached hydrogen (secondary N) is 2. The van der Waals surface area contributed by atoms with Gasteiger partial charge in [-0.25, -0.2) is 14.6 Å². The van der Waals surface area contributed by atoms with Crippen molar-refractivity contribution in [3.05, 3.63) is 42.1 Å². The Bertz CT molecular complexity index is 1440. The zero-order valence-corrected chi connectivity index (χ0v) is 27.7. The number of carbonyl (C=O) groups excluding carboxylic acids is 2. The lowest BCUT2D eigenvalue weighted by atomic mass is 9.79. The Morgan fingerprint density at radius 1 is 1.07 bits per heavy atom. The van der Waals surface area contributed by atoms with Gasteiger partial charge in [-0.3, -0.25) is 4.79 Å². The van der Waals surface area contributed by atoms with E-state index in [1.807, 2.05) is 43.3 Å². The molecule has 3 aliphatic rings. The molecule has 0 saturated heterocycles. The van der Waals surface area contributed by atoms with Crippen LogP contribution in [0.5, 0.6) is 0 Å². The van der Waals surface area contributed by atoms with Crippen LogP contribution < -0.4 is 20.4 Å². The van der Waals surface area contributed by atoms with Gasteiger partial charge in [-0.15, -0.1) is 0 Å². The van der Waals surface area contributed by atoms with E-state index in [2.05, 4.69) is 20.5 Å². The Hall–Kier alpha value is -4.15. The Labute approximate surface area is 271 Å². The number of aliphatic carboxylic acids is 1. The maximum Gasteiger partial charge on any atom is 0.408 e. The highest BCUT2D eigenvalue weighted by atomic mass is 16.6. The van der Waals surface area contributed by atoms with Gasteiger partial charge >= 0.3 is 12.1 Å². The minimum atomic E-state index is -1.44. The summed E-state index contributed by atoms with van der Waals surface area (Å²) in [5.74, 6) is 0.104. The van der Waals surface area contributed by atoms with E-state index in [1.165, 1.54) is 0 Å². The molecule has 0 radical (unpaired) electrons. The molecule has 2 atom stereocenters. The lowest BCUT2D eigenvalue weighted by molar-refractivity contribution is -0.147. The van der Waals surface area contributed by atoms with E-state index in [-0.39, 0.29) is 24.3 Å². The fourth-order valence-corrected chi connectivity index (χ4v) is 7.17. The Balaban J connectivity index is 1.31. The molecule has 2 amide bonds. The second-order valence-corrected chi connectivity index (χ2v) is 13.8. The smallest absolute Gasteiger partial charge is 0.408 e. The van der Waals surface area contributed by atoms with Crippen LogP contribution in [0.15, 0.2) is 36.5 Å². The summed E-state index contributed by atoms with van der Waals surface area (Å²) < 4.78 is 5.44. The molecular formula is C35H48N6O5. The van der Waals surface area contributed by atoms with Crippen LogP contribution in [0.3, 0.4) is 0 Å². The van der Waals surface area contributed by atoms with Crippen molar-refractivity contribution >= 4 is 47.2 Å². The van der Waals surface area contributed by atoms with E-state index in [9.17, 15) is 19.5 Å². The summed E-state index contributed by atoms with van der Waals surface area (Å²) in [5.41, 5.74) is 0.238. The number of fused-ring (bicyclic) bond motifs is 1. The molecule has 2 heterocycles. The van der Waals surface area contributed by atoms with Crippen molar-refractivity contribution in [2.75, 3.05) is 22.2 Å².